The number of para-hydroxylation sites is 1. The monoisotopic (exact) mass is 384 g/mol. The molecule has 0 spiro atoms. The fraction of sp³-hybridized carbons (Fsp3) is 0.235. The lowest BCUT2D eigenvalue weighted by molar-refractivity contribution is 0.0701. The van der Waals surface area contributed by atoms with Gasteiger partial charge in [-0.15, -0.1) is 11.3 Å². The summed E-state index contributed by atoms with van der Waals surface area (Å²) in [5, 5.41) is 21.0. The Morgan fingerprint density at radius 2 is 1.67 bits per heavy atom. The van der Waals surface area contributed by atoms with Crippen LogP contribution in [0.3, 0.4) is 0 Å². The van der Waals surface area contributed by atoms with Gasteiger partial charge < -0.3 is 14.9 Å². The van der Waals surface area contributed by atoms with Crippen LogP contribution in [0.5, 0.6) is 0 Å². The van der Waals surface area contributed by atoms with E-state index >= 15 is 0 Å². The number of aromatic carboxylic acids is 1. The standard InChI is InChI=1S/C17H16N6O3S/c24-15(13-6-7-14(27-13)16(25)26)21-8-10-22(11-9-21)17-18-19-20-23(17)12-4-2-1-3-5-12/h1-7H,8-11H2,(H,25,26). The Morgan fingerprint density at radius 1 is 0.963 bits per heavy atom. The Balaban J connectivity index is 1.44. The summed E-state index contributed by atoms with van der Waals surface area (Å²) < 4.78 is 1.68. The summed E-state index contributed by atoms with van der Waals surface area (Å²) >= 11 is 1.00. The Bertz CT molecular complexity index is 962. The summed E-state index contributed by atoms with van der Waals surface area (Å²) in [5.74, 6) is -0.524. The Labute approximate surface area is 158 Å². The van der Waals surface area contributed by atoms with Gasteiger partial charge in [0.1, 0.15) is 4.88 Å². The van der Waals surface area contributed by atoms with E-state index in [4.69, 9.17) is 5.11 Å². The Hall–Kier alpha value is -3.27. The molecule has 0 aliphatic carbocycles. The van der Waals surface area contributed by atoms with Crippen molar-refractivity contribution in [2.24, 2.45) is 0 Å². The van der Waals surface area contributed by atoms with E-state index in [2.05, 4.69) is 15.5 Å². The van der Waals surface area contributed by atoms with Crippen molar-refractivity contribution in [2.75, 3.05) is 31.1 Å². The van der Waals surface area contributed by atoms with Crippen molar-refractivity contribution in [1.29, 1.82) is 0 Å². The van der Waals surface area contributed by atoms with E-state index < -0.39 is 5.97 Å². The topological polar surface area (TPSA) is 104 Å². The van der Waals surface area contributed by atoms with E-state index in [-0.39, 0.29) is 10.8 Å². The molecule has 0 radical (unpaired) electrons. The van der Waals surface area contributed by atoms with Crippen LogP contribution >= 0.6 is 11.3 Å². The molecular weight excluding hydrogens is 368 g/mol. The normalized spacial score (nSPS) is 14.4. The van der Waals surface area contributed by atoms with Crippen LogP contribution < -0.4 is 4.90 Å². The lowest BCUT2D eigenvalue weighted by atomic mass is 10.3. The van der Waals surface area contributed by atoms with Gasteiger partial charge in [-0.25, -0.2) is 4.79 Å². The lowest BCUT2D eigenvalue weighted by Gasteiger charge is -2.34. The first-order valence-corrected chi connectivity index (χ1v) is 9.16. The predicted molar refractivity (Wildman–Crippen MR) is 98.5 cm³/mol. The zero-order chi connectivity index (χ0) is 18.8. The number of anilines is 1. The highest BCUT2D eigenvalue weighted by Gasteiger charge is 2.26. The van der Waals surface area contributed by atoms with Crippen molar-refractivity contribution in [3.63, 3.8) is 0 Å². The third-order valence-corrected chi connectivity index (χ3v) is 5.39. The number of rotatable bonds is 4. The average Bonchev–Trinajstić information content (AvgIpc) is 3.38. The molecule has 0 bridgehead atoms. The highest BCUT2D eigenvalue weighted by Crippen LogP contribution is 2.21. The van der Waals surface area contributed by atoms with Gasteiger partial charge in [-0.3, -0.25) is 4.79 Å². The molecule has 2 aromatic heterocycles. The summed E-state index contributed by atoms with van der Waals surface area (Å²) in [5.41, 5.74) is 0.871. The van der Waals surface area contributed by atoms with Crippen LogP contribution in [-0.4, -0.2) is 68.3 Å². The zero-order valence-corrected chi connectivity index (χ0v) is 15.0. The van der Waals surface area contributed by atoms with Crippen molar-refractivity contribution in [2.45, 2.75) is 0 Å². The second kappa shape index (κ2) is 7.16. The van der Waals surface area contributed by atoms with E-state index in [1.807, 2.05) is 35.2 Å². The number of hydrogen-bond acceptors (Lipinski definition) is 7. The molecule has 0 saturated carbocycles. The Morgan fingerprint density at radius 3 is 2.33 bits per heavy atom. The molecule has 27 heavy (non-hydrogen) atoms. The summed E-state index contributed by atoms with van der Waals surface area (Å²) in [6.07, 6.45) is 0. The van der Waals surface area contributed by atoms with Gasteiger partial charge in [0.05, 0.1) is 10.6 Å². The van der Waals surface area contributed by atoms with Gasteiger partial charge in [0.15, 0.2) is 0 Å². The van der Waals surface area contributed by atoms with Crippen molar-refractivity contribution >= 4 is 29.2 Å². The number of piperazine rings is 1. The first kappa shape index (κ1) is 17.2. The maximum absolute atomic E-state index is 12.6. The fourth-order valence-corrected chi connectivity index (χ4v) is 3.76. The van der Waals surface area contributed by atoms with Crippen LogP contribution in [0.1, 0.15) is 19.3 Å². The quantitative estimate of drug-likeness (QED) is 0.725. The molecular formula is C17H16N6O3S. The van der Waals surface area contributed by atoms with Gasteiger partial charge in [-0.2, -0.15) is 4.68 Å². The largest absolute Gasteiger partial charge is 0.477 e. The Kier molecular flexibility index (Phi) is 4.55. The lowest BCUT2D eigenvalue weighted by Crippen LogP contribution is -2.49. The number of aromatic nitrogens is 4. The van der Waals surface area contributed by atoms with Gasteiger partial charge in [0.2, 0.25) is 5.95 Å². The molecule has 10 heteroatoms. The highest BCUT2D eigenvalue weighted by atomic mass is 32.1. The number of hydrogen-bond donors (Lipinski definition) is 1. The van der Waals surface area contributed by atoms with E-state index in [1.54, 1.807) is 15.6 Å². The van der Waals surface area contributed by atoms with Crippen molar-refractivity contribution in [3.05, 3.63) is 52.2 Å². The number of tetrazole rings is 1. The molecule has 4 rings (SSSR count). The molecule has 1 fully saturated rings. The second-order valence-corrected chi connectivity index (χ2v) is 7.06. The summed E-state index contributed by atoms with van der Waals surface area (Å²) in [7, 11) is 0. The summed E-state index contributed by atoms with van der Waals surface area (Å²) in [4.78, 5) is 28.0. The second-order valence-electron chi connectivity index (χ2n) is 5.97. The van der Waals surface area contributed by atoms with Gasteiger partial charge in [0, 0.05) is 26.2 Å². The van der Waals surface area contributed by atoms with Crippen molar-refractivity contribution in [1.82, 2.24) is 25.1 Å². The van der Waals surface area contributed by atoms with Gasteiger partial charge in [-0.1, -0.05) is 23.3 Å². The van der Waals surface area contributed by atoms with Crippen LogP contribution in [0.2, 0.25) is 0 Å². The van der Waals surface area contributed by atoms with Crippen molar-refractivity contribution < 1.29 is 14.7 Å². The highest BCUT2D eigenvalue weighted by molar-refractivity contribution is 7.15. The minimum Gasteiger partial charge on any atom is -0.477 e. The predicted octanol–water partition coefficient (Wildman–Crippen LogP) is 1.38. The number of carboxylic acid groups (broad SMARTS) is 1. The fourth-order valence-electron chi connectivity index (χ4n) is 2.95. The van der Waals surface area contributed by atoms with E-state index in [9.17, 15) is 9.59 Å². The van der Waals surface area contributed by atoms with Gasteiger partial charge in [0.25, 0.3) is 5.91 Å². The number of benzene rings is 1. The number of carbonyl (C=O) groups excluding carboxylic acids is 1. The van der Waals surface area contributed by atoms with Crippen molar-refractivity contribution in [3.8, 4) is 5.69 Å². The SMILES string of the molecule is O=C(O)c1ccc(C(=O)N2CCN(c3nnnn3-c3ccccc3)CC2)s1. The van der Waals surface area contributed by atoms with Crippen LogP contribution in [0.25, 0.3) is 5.69 Å². The van der Waals surface area contributed by atoms with Crippen LogP contribution in [-0.2, 0) is 0 Å². The maximum atomic E-state index is 12.6. The van der Waals surface area contributed by atoms with Crippen LogP contribution in [0, 0.1) is 0 Å². The molecule has 9 nitrogen and oxygen atoms in total. The number of thiophene rings is 1. The van der Waals surface area contributed by atoms with E-state index in [0.717, 1.165) is 17.0 Å². The molecule has 3 heterocycles. The maximum Gasteiger partial charge on any atom is 0.345 e. The van der Waals surface area contributed by atoms with E-state index in [1.165, 1.54) is 6.07 Å². The number of amides is 1. The number of carbonyl (C=O) groups is 2. The van der Waals surface area contributed by atoms with E-state index in [0.29, 0.717) is 37.0 Å². The number of nitrogens with zero attached hydrogens (tertiary/aromatic N) is 6. The molecule has 1 aliphatic rings. The van der Waals surface area contributed by atoms with Crippen LogP contribution in [0.15, 0.2) is 42.5 Å². The minimum atomic E-state index is -1.02. The zero-order valence-electron chi connectivity index (χ0n) is 14.2. The molecule has 3 aromatic rings. The third-order valence-electron chi connectivity index (χ3n) is 4.33. The van der Waals surface area contributed by atoms with Gasteiger partial charge in [-0.05, 0) is 34.7 Å². The molecule has 0 atom stereocenters. The molecule has 1 N–H and O–H groups in total. The first-order valence-electron chi connectivity index (χ1n) is 8.34. The average molecular weight is 384 g/mol. The minimum absolute atomic E-state index is 0.144. The molecule has 1 amide bonds. The number of carboxylic acids is 1. The molecule has 0 unspecified atom stereocenters. The summed E-state index contributed by atoms with van der Waals surface area (Å²) in [6, 6.07) is 12.7. The first-order chi connectivity index (χ1) is 13.1. The molecule has 138 valence electrons. The molecule has 1 aliphatic heterocycles. The third kappa shape index (κ3) is 3.38. The van der Waals surface area contributed by atoms with Gasteiger partial charge >= 0.3 is 5.97 Å². The van der Waals surface area contributed by atoms with Crippen LogP contribution in [0.4, 0.5) is 5.95 Å². The smallest absolute Gasteiger partial charge is 0.345 e. The molecule has 1 aromatic carbocycles. The summed E-state index contributed by atoms with van der Waals surface area (Å²) in [6.45, 7) is 2.22. The molecule has 1 saturated heterocycles.